The minimum absolute atomic E-state index is 0. The second-order valence-corrected chi connectivity index (χ2v) is 11.2. The van der Waals surface area contributed by atoms with Gasteiger partial charge in [-0.25, -0.2) is 0 Å². The van der Waals surface area contributed by atoms with Crippen LogP contribution in [-0.2, 0) is 11.9 Å². The Morgan fingerprint density at radius 3 is 1.66 bits per heavy atom. The van der Waals surface area contributed by atoms with E-state index in [0.717, 1.165) is 18.7 Å². The first-order valence-corrected chi connectivity index (χ1v) is 16.3. The van der Waals surface area contributed by atoms with Crippen molar-refractivity contribution in [1.29, 1.82) is 0 Å². The summed E-state index contributed by atoms with van der Waals surface area (Å²) < 4.78 is 8.00. The number of hydrogen-bond donors (Lipinski definition) is 0. The summed E-state index contributed by atoms with van der Waals surface area (Å²) in [5.74, 6) is 0.465. The van der Waals surface area contributed by atoms with E-state index in [1.165, 1.54) is 115 Å². The van der Waals surface area contributed by atoms with Crippen molar-refractivity contribution in [2.24, 2.45) is 0 Å². The Balaban J connectivity index is 0.00000722. The Labute approximate surface area is 252 Å². The van der Waals surface area contributed by atoms with Gasteiger partial charge in [-0.2, -0.15) is 0 Å². The highest BCUT2D eigenvalue weighted by Gasteiger charge is 2.08. The third-order valence-electron chi connectivity index (χ3n) is 7.27. The molecule has 0 saturated carbocycles. The number of benzene rings is 1. The average molecular weight is 656 g/mol. The number of rotatable bonds is 23. The molecule has 38 heavy (non-hydrogen) atoms. The number of alkyl halides is 1. The van der Waals surface area contributed by atoms with E-state index in [0.29, 0.717) is 17.7 Å². The quantitative estimate of drug-likeness (QED) is 0.0881. The Morgan fingerprint density at radius 2 is 1.18 bits per heavy atom. The SMILES string of the molecule is Br.CCCCCCCCCCCCCCCCCCCCOc1cn(Cc2ccccc2)c(CBr)cc1=O. The summed E-state index contributed by atoms with van der Waals surface area (Å²) in [7, 11) is 0. The zero-order chi connectivity index (χ0) is 26.4. The smallest absolute Gasteiger partial charge is 0.223 e. The van der Waals surface area contributed by atoms with Crippen LogP contribution in [0.25, 0.3) is 0 Å². The number of hydrogen-bond acceptors (Lipinski definition) is 2. The van der Waals surface area contributed by atoms with Crippen LogP contribution in [0.4, 0.5) is 0 Å². The minimum Gasteiger partial charge on any atom is -0.488 e. The fourth-order valence-corrected chi connectivity index (χ4v) is 5.41. The van der Waals surface area contributed by atoms with Crippen LogP contribution >= 0.6 is 32.9 Å². The zero-order valence-corrected chi connectivity index (χ0v) is 27.2. The summed E-state index contributed by atoms with van der Waals surface area (Å²) in [6, 6.07) is 12.0. The molecule has 1 aromatic heterocycles. The monoisotopic (exact) mass is 653 g/mol. The maximum atomic E-state index is 12.5. The van der Waals surface area contributed by atoms with Crippen LogP contribution in [0, 0.1) is 0 Å². The van der Waals surface area contributed by atoms with Crippen molar-refractivity contribution in [1.82, 2.24) is 4.57 Å². The van der Waals surface area contributed by atoms with Gasteiger partial charge >= 0.3 is 0 Å². The van der Waals surface area contributed by atoms with Crippen LogP contribution < -0.4 is 10.2 Å². The van der Waals surface area contributed by atoms with Crippen molar-refractivity contribution in [3.63, 3.8) is 0 Å². The highest BCUT2D eigenvalue weighted by atomic mass is 79.9. The van der Waals surface area contributed by atoms with E-state index in [2.05, 4.69) is 39.6 Å². The molecule has 1 aromatic carbocycles. The van der Waals surface area contributed by atoms with E-state index in [1.807, 2.05) is 24.4 Å². The Kier molecular flexibility index (Phi) is 21.9. The van der Waals surface area contributed by atoms with Gasteiger partial charge in [0.05, 0.1) is 12.8 Å². The molecule has 0 unspecified atom stereocenters. The lowest BCUT2D eigenvalue weighted by molar-refractivity contribution is 0.298. The summed E-state index contributed by atoms with van der Waals surface area (Å²) in [6.07, 6.45) is 26.5. The summed E-state index contributed by atoms with van der Waals surface area (Å²) in [6.45, 7) is 3.64. The third kappa shape index (κ3) is 16.1. The maximum Gasteiger partial charge on any atom is 0.223 e. The van der Waals surface area contributed by atoms with Crippen molar-refractivity contribution in [2.75, 3.05) is 6.61 Å². The molecule has 2 aromatic rings. The standard InChI is InChI=1S/C33H52BrNO2.BrH/c1-2-3-4-5-6-7-8-9-10-11-12-13-14-15-16-17-18-22-25-37-33-29-35(31(27-34)26-32(33)36)28-30-23-20-19-21-24-30;/h19-21,23-24,26,29H,2-18,22,25,27-28H2,1H3;1H. The van der Waals surface area contributed by atoms with Crippen molar-refractivity contribution in [2.45, 2.75) is 134 Å². The molecule has 216 valence electrons. The number of ether oxygens (including phenoxy) is 1. The van der Waals surface area contributed by atoms with Gasteiger partial charge in [-0.1, -0.05) is 162 Å². The lowest BCUT2D eigenvalue weighted by atomic mass is 10.0. The molecule has 3 nitrogen and oxygen atoms in total. The predicted molar refractivity (Wildman–Crippen MR) is 173 cm³/mol. The van der Waals surface area contributed by atoms with Crippen molar-refractivity contribution in [3.8, 4) is 5.75 Å². The fourth-order valence-electron chi connectivity index (χ4n) is 4.93. The van der Waals surface area contributed by atoms with Crippen molar-refractivity contribution in [3.05, 3.63) is 64.1 Å². The largest absolute Gasteiger partial charge is 0.488 e. The molecule has 0 aliphatic carbocycles. The number of nitrogens with zero attached hydrogens (tertiary/aromatic N) is 1. The molecule has 0 bridgehead atoms. The molecule has 0 radical (unpaired) electrons. The topological polar surface area (TPSA) is 31.2 Å². The molecule has 0 N–H and O–H groups in total. The molecule has 0 aliphatic rings. The Morgan fingerprint density at radius 1 is 0.711 bits per heavy atom. The molecule has 5 heteroatoms. The van der Waals surface area contributed by atoms with Gasteiger partial charge in [0.25, 0.3) is 0 Å². The van der Waals surface area contributed by atoms with E-state index in [4.69, 9.17) is 4.74 Å². The van der Waals surface area contributed by atoms with Crippen LogP contribution in [0.1, 0.15) is 134 Å². The third-order valence-corrected chi connectivity index (χ3v) is 7.85. The van der Waals surface area contributed by atoms with Crippen LogP contribution in [0.15, 0.2) is 47.4 Å². The number of pyridine rings is 1. The van der Waals surface area contributed by atoms with E-state index in [1.54, 1.807) is 6.07 Å². The molecule has 0 atom stereocenters. The van der Waals surface area contributed by atoms with Gasteiger partial charge in [-0.05, 0) is 12.0 Å². The van der Waals surface area contributed by atoms with Gasteiger partial charge in [0.1, 0.15) is 0 Å². The zero-order valence-electron chi connectivity index (χ0n) is 23.9. The van der Waals surface area contributed by atoms with Gasteiger partial charge in [-0.3, -0.25) is 4.79 Å². The van der Waals surface area contributed by atoms with Crippen LogP contribution in [0.2, 0.25) is 0 Å². The van der Waals surface area contributed by atoms with Crippen molar-refractivity contribution >= 4 is 32.9 Å². The van der Waals surface area contributed by atoms with Crippen LogP contribution in [0.5, 0.6) is 5.75 Å². The van der Waals surface area contributed by atoms with Gasteiger partial charge in [0, 0.05) is 23.6 Å². The summed E-state index contributed by atoms with van der Waals surface area (Å²) >= 11 is 3.51. The molecule has 2 rings (SSSR count). The predicted octanol–water partition coefficient (Wildman–Crippen LogP) is 10.8. The molecule has 0 spiro atoms. The molecular formula is C33H53Br2NO2. The summed E-state index contributed by atoms with van der Waals surface area (Å²) in [4.78, 5) is 12.5. The van der Waals surface area contributed by atoms with E-state index >= 15 is 0 Å². The van der Waals surface area contributed by atoms with Crippen molar-refractivity contribution < 1.29 is 4.74 Å². The van der Waals surface area contributed by atoms with E-state index < -0.39 is 0 Å². The van der Waals surface area contributed by atoms with E-state index in [9.17, 15) is 4.79 Å². The lowest BCUT2D eigenvalue weighted by Gasteiger charge is -2.14. The highest BCUT2D eigenvalue weighted by molar-refractivity contribution is 9.08. The second kappa shape index (κ2) is 23.8. The molecule has 0 fully saturated rings. The molecule has 0 aliphatic heterocycles. The maximum absolute atomic E-state index is 12.5. The summed E-state index contributed by atoms with van der Waals surface area (Å²) in [5.41, 5.74) is 2.15. The van der Waals surface area contributed by atoms with Crippen LogP contribution in [-0.4, -0.2) is 11.2 Å². The minimum atomic E-state index is -0.0267. The normalized spacial score (nSPS) is 10.9. The van der Waals surface area contributed by atoms with Gasteiger partial charge in [0.15, 0.2) is 5.75 Å². The van der Waals surface area contributed by atoms with Crippen LogP contribution in [0.3, 0.4) is 0 Å². The fraction of sp³-hybridized carbons (Fsp3) is 0.667. The first-order chi connectivity index (χ1) is 18.2. The Bertz CT molecular complexity index is 869. The van der Waals surface area contributed by atoms with E-state index in [-0.39, 0.29) is 22.4 Å². The molecule has 0 saturated heterocycles. The summed E-state index contributed by atoms with van der Waals surface area (Å²) in [5, 5.41) is 0.647. The number of unbranched alkanes of at least 4 members (excludes halogenated alkanes) is 17. The first-order valence-electron chi connectivity index (χ1n) is 15.2. The van der Waals surface area contributed by atoms with Gasteiger partial charge in [-0.15, -0.1) is 17.0 Å². The Hall–Kier alpha value is -1.07. The first kappa shape index (κ1) is 35.0. The lowest BCUT2D eigenvalue weighted by Crippen LogP contribution is -2.16. The molecular weight excluding hydrogens is 602 g/mol. The number of halogens is 2. The number of aromatic nitrogens is 1. The highest BCUT2D eigenvalue weighted by Crippen LogP contribution is 2.16. The second-order valence-electron chi connectivity index (χ2n) is 10.6. The van der Waals surface area contributed by atoms with Gasteiger partial charge < -0.3 is 9.30 Å². The average Bonchev–Trinajstić information content (AvgIpc) is 2.92. The molecule has 0 amide bonds. The molecule has 1 heterocycles. The van der Waals surface area contributed by atoms with Gasteiger partial charge in [0.2, 0.25) is 5.43 Å².